The molecule has 0 radical (unpaired) electrons. The minimum Gasteiger partial charge on any atom is -0.549 e. The first-order chi connectivity index (χ1) is 7.97. The number of carboxylic acids is 1. The van der Waals surface area contributed by atoms with Crippen molar-refractivity contribution >= 4 is 11.8 Å². The lowest BCUT2D eigenvalue weighted by Crippen LogP contribution is -2.52. The summed E-state index contributed by atoms with van der Waals surface area (Å²) in [6.07, 6.45) is -2.29. The zero-order chi connectivity index (χ0) is 14.7. The van der Waals surface area contributed by atoms with Gasteiger partial charge in [-0.25, -0.2) is 0 Å². The summed E-state index contributed by atoms with van der Waals surface area (Å²) in [5, 5.41) is 30.2. The van der Waals surface area contributed by atoms with Crippen LogP contribution in [-0.4, -0.2) is 66.3 Å². The Hall–Kier alpha value is -0.980. The lowest BCUT2D eigenvalue weighted by atomic mass is 9.87. The van der Waals surface area contributed by atoms with Gasteiger partial charge in [0.15, 0.2) is 0 Å². The zero-order valence-corrected chi connectivity index (χ0v) is 11.6. The number of hydrogen-bond acceptors (Lipinski definition) is 5. The van der Waals surface area contributed by atoms with Gasteiger partial charge in [0.2, 0.25) is 0 Å². The Morgan fingerprint density at radius 3 is 1.89 bits per heavy atom. The van der Waals surface area contributed by atoms with Gasteiger partial charge in [0, 0.05) is 5.92 Å². The van der Waals surface area contributed by atoms with E-state index in [1.165, 1.54) is 13.8 Å². The molecule has 106 valence electrons. The number of hydrogen-bond donors (Lipinski definition) is 2. The van der Waals surface area contributed by atoms with Crippen molar-refractivity contribution in [1.29, 1.82) is 0 Å². The molecule has 0 aromatic carbocycles. The first kappa shape index (κ1) is 17.0. The second-order valence-electron chi connectivity index (χ2n) is 5.77. The van der Waals surface area contributed by atoms with Gasteiger partial charge in [-0.1, -0.05) is 6.92 Å². The molecule has 2 N–H and O–H groups in total. The van der Waals surface area contributed by atoms with Crippen LogP contribution in [0, 0.1) is 11.8 Å². The number of carbonyl (C=O) groups excluding carboxylic acids is 2. The predicted molar refractivity (Wildman–Crippen MR) is 63.3 cm³/mol. The minimum atomic E-state index is -1.60. The molecule has 0 aromatic heterocycles. The maximum Gasteiger partial charge on any atom is 0.149 e. The van der Waals surface area contributed by atoms with E-state index in [9.17, 15) is 24.9 Å². The molecule has 0 fully saturated rings. The van der Waals surface area contributed by atoms with Crippen LogP contribution < -0.4 is 5.11 Å². The van der Waals surface area contributed by atoms with Crippen molar-refractivity contribution in [3.8, 4) is 0 Å². The van der Waals surface area contributed by atoms with Crippen molar-refractivity contribution in [2.75, 3.05) is 27.7 Å². The maximum absolute atomic E-state index is 11.9. The van der Waals surface area contributed by atoms with Crippen LogP contribution in [0.1, 0.15) is 13.8 Å². The Kier molecular flexibility index (Phi) is 5.92. The normalized spacial score (nSPS) is 18.8. The Morgan fingerprint density at radius 1 is 1.17 bits per heavy atom. The monoisotopic (exact) mass is 261 g/mol. The van der Waals surface area contributed by atoms with E-state index in [0.29, 0.717) is 4.48 Å². The number of ketones is 1. The van der Waals surface area contributed by atoms with Crippen LogP contribution in [-0.2, 0) is 9.59 Å². The highest BCUT2D eigenvalue weighted by molar-refractivity contribution is 5.99. The number of aliphatic carboxylic acids is 1. The molecule has 0 amide bonds. The quantitative estimate of drug-likeness (QED) is 0.408. The van der Waals surface area contributed by atoms with Crippen molar-refractivity contribution in [2.24, 2.45) is 11.8 Å². The molecule has 6 nitrogen and oxygen atoms in total. The Balaban J connectivity index is 4.98. The van der Waals surface area contributed by atoms with E-state index in [1.807, 2.05) is 0 Å². The summed E-state index contributed by atoms with van der Waals surface area (Å²) in [5.74, 6) is -4.76. The standard InChI is InChI=1S/C12H23NO5/c1-7(8(2)14)11(16)10(12(17)18)9(15)6-13(3,4)5/h7-10,14-15H,6H2,1-5H3. The summed E-state index contributed by atoms with van der Waals surface area (Å²) in [6, 6.07) is 0. The van der Waals surface area contributed by atoms with Crippen LogP contribution in [0.25, 0.3) is 0 Å². The predicted octanol–water partition coefficient (Wildman–Crippen LogP) is -1.99. The Labute approximate surface area is 107 Å². The molecule has 0 aliphatic heterocycles. The number of quaternary nitrogens is 1. The summed E-state index contributed by atoms with van der Waals surface area (Å²) < 4.78 is 0.321. The summed E-state index contributed by atoms with van der Waals surface area (Å²) in [6.45, 7) is 2.94. The molecular formula is C12H23NO5. The molecule has 0 saturated heterocycles. The molecule has 4 unspecified atom stereocenters. The highest BCUT2D eigenvalue weighted by Crippen LogP contribution is 2.16. The first-order valence-corrected chi connectivity index (χ1v) is 5.88. The van der Waals surface area contributed by atoms with Gasteiger partial charge in [0.25, 0.3) is 0 Å². The first-order valence-electron chi connectivity index (χ1n) is 5.88. The highest BCUT2D eigenvalue weighted by atomic mass is 16.4. The number of carbonyl (C=O) groups is 2. The van der Waals surface area contributed by atoms with Gasteiger partial charge in [-0.05, 0) is 6.92 Å². The topological polar surface area (TPSA) is 97.7 Å². The zero-order valence-electron chi connectivity index (χ0n) is 11.6. The molecule has 0 aromatic rings. The number of aliphatic hydroxyl groups excluding tert-OH is 2. The summed E-state index contributed by atoms with van der Waals surface area (Å²) in [5.41, 5.74) is 0. The van der Waals surface area contributed by atoms with Crippen molar-refractivity contribution in [3.63, 3.8) is 0 Å². The van der Waals surface area contributed by atoms with Crippen LogP contribution in [0.15, 0.2) is 0 Å². The molecule has 0 heterocycles. The second-order valence-corrected chi connectivity index (χ2v) is 5.77. The molecule has 0 aliphatic rings. The van der Waals surface area contributed by atoms with E-state index in [-0.39, 0.29) is 6.54 Å². The number of rotatable bonds is 7. The number of aliphatic hydroxyl groups is 2. The van der Waals surface area contributed by atoms with E-state index < -0.39 is 35.8 Å². The average Bonchev–Trinajstić information content (AvgIpc) is 2.12. The van der Waals surface area contributed by atoms with E-state index in [0.717, 1.165) is 0 Å². The van der Waals surface area contributed by atoms with E-state index in [1.54, 1.807) is 21.1 Å². The molecular weight excluding hydrogens is 238 g/mol. The number of carboxylic acid groups (broad SMARTS) is 1. The third kappa shape index (κ3) is 5.12. The van der Waals surface area contributed by atoms with Crippen molar-refractivity contribution in [1.82, 2.24) is 0 Å². The number of Topliss-reactive ketones (excluding diaryl/α,β-unsaturated/α-hetero) is 1. The molecule has 0 rings (SSSR count). The summed E-state index contributed by atoms with van der Waals surface area (Å²) in [4.78, 5) is 22.9. The Bertz CT molecular complexity index is 308. The minimum absolute atomic E-state index is 0.108. The van der Waals surface area contributed by atoms with Gasteiger partial charge in [0.05, 0.1) is 39.1 Å². The molecule has 0 bridgehead atoms. The fraction of sp³-hybridized carbons (Fsp3) is 0.833. The van der Waals surface area contributed by atoms with Crippen molar-refractivity contribution in [3.05, 3.63) is 0 Å². The summed E-state index contributed by atoms with van der Waals surface area (Å²) >= 11 is 0. The van der Waals surface area contributed by atoms with Gasteiger partial charge in [-0.2, -0.15) is 0 Å². The number of likely N-dealkylation sites (N-methyl/N-ethyl adjacent to an activating group) is 1. The lowest BCUT2D eigenvalue weighted by Gasteiger charge is -2.32. The fourth-order valence-electron chi connectivity index (χ4n) is 1.65. The third-order valence-electron chi connectivity index (χ3n) is 2.85. The molecule has 6 heteroatoms. The lowest BCUT2D eigenvalue weighted by molar-refractivity contribution is -0.873. The molecule has 0 aliphatic carbocycles. The van der Waals surface area contributed by atoms with E-state index in [2.05, 4.69) is 0 Å². The highest BCUT2D eigenvalue weighted by Gasteiger charge is 2.35. The molecule has 0 spiro atoms. The van der Waals surface area contributed by atoms with E-state index >= 15 is 0 Å². The van der Waals surface area contributed by atoms with E-state index in [4.69, 9.17) is 0 Å². The second kappa shape index (κ2) is 6.26. The number of nitrogens with zero attached hydrogens (tertiary/aromatic N) is 1. The van der Waals surface area contributed by atoms with Crippen LogP contribution in [0.3, 0.4) is 0 Å². The fourth-order valence-corrected chi connectivity index (χ4v) is 1.65. The van der Waals surface area contributed by atoms with Crippen LogP contribution in [0.2, 0.25) is 0 Å². The van der Waals surface area contributed by atoms with Gasteiger partial charge in [0.1, 0.15) is 18.4 Å². The maximum atomic E-state index is 11.9. The molecule has 4 atom stereocenters. The van der Waals surface area contributed by atoms with Gasteiger partial charge in [-0.3, -0.25) is 4.79 Å². The van der Waals surface area contributed by atoms with Crippen LogP contribution >= 0.6 is 0 Å². The average molecular weight is 261 g/mol. The third-order valence-corrected chi connectivity index (χ3v) is 2.85. The van der Waals surface area contributed by atoms with Crippen LogP contribution in [0.5, 0.6) is 0 Å². The SMILES string of the molecule is CC(O)C(C)C(=O)C(C(=O)[O-])C(O)C[N+](C)(C)C. The largest absolute Gasteiger partial charge is 0.549 e. The van der Waals surface area contributed by atoms with Crippen molar-refractivity contribution in [2.45, 2.75) is 26.1 Å². The smallest absolute Gasteiger partial charge is 0.149 e. The van der Waals surface area contributed by atoms with Gasteiger partial charge >= 0.3 is 0 Å². The summed E-state index contributed by atoms with van der Waals surface area (Å²) in [7, 11) is 5.33. The Morgan fingerprint density at radius 2 is 1.61 bits per heavy atom. The van der Waals surface area contributed by atoms with Gasteiger partial charge < -0.3 is 24.6 Å². The van der Waals surface area contributed by atoms with Crippen molar-refractivity contribution < 1.29 is 29.4 Å². The molecule has 0 saturated carbocycles. The molecule has 18 heavy (non-hydrogen) atoms. The van der Waals surface area contributed by atoms with Crippen LogP contribution in [0.4, 0.5) is 0 Å². The van der Waals surface area contributed by atoms with Gasteiger partial charge in [-0.15, -0.1) is 0 Å².